The number of nitrogens with zero attached hydrogens (tertiary/aromatic N) is 3. The van der Waals surface area contributed by atoms with E-state index in [1.165, 1.54) is 12.8 Å². The molecule has 0 aliphatic carbocycles. The number of anilines is 1. The first-order valence-corrected chi connectivity index (χ1v) is 6.77. The minimum absolute atomic E-state index is 0.413. The van der Waals surface area contributed by atoms with Crippen LogP contribution in [-0.2, 0) is 0 Å². The van der Waals surface area contributed by atoms with Gasteiger partial charge in [0.25, 0.3) is 0 Å². The summed E-state index contributed by atoms with van der Waals surface area (Å²) in [6.07, 6.45) is 5.50. The molecule has 5 heteroatoms. The van der Waals surface area contributed by atoms with Crippen molar-refractivity contribution in [3.63, 3.8) is 0 Å². The van der Waals surface area contributed by atoms with Crippen molar-refractivity contribution in [1.29, 1.82) is 0 Å². The molecule has 4 nitrogen and oxygen atoms in total. The van der Waals surface area contributed by atoms with E-state index in [9.17, 15) is 0 Å². The summed E-state index contributed by atoms with van der Waals surface area (Å²) in [7, 11) is 0. The third-order valence-corrected chi connectivity index (χ3v) is 3.13. The van der Waals surface area contributed by atoms with Gasteiger partial charge in [-0.1, -0.05) is 19.8 Å². The van der Waals surface area contributed by atoms with Gasteiger partial charge in [-0.25, -0.2) is 4.52 Å². The first kappa shape index (κ1) is 12.4. The van der Waals surface area contributed by atoms with E-state index in [-0.39, 0.29) is 0 Å². The zero-order chi connectivity index (χ0) is 12.3. The van der Waals surface area contributed by atoms with Crippen LogP contribution in [0.1, 0.15) is 33.1 Å². The molecule has 0 spiro atoms. The molecule has 2 aromatic heterocycles. The predicted octanol–water partition coefficient (Wildman–Crippen LogP) is 3.48. The molecule has 1 N–H and O–H groups in total. The van der Waals surface area contributed by atoms with Gasteiger partial charge in [0.15, 0.2) is 5.65 Å². The molecule has 1 atom stereocenters. The molecule has 0 saturated heterocycles. The molecule has 0 saturated carbocycles. The maximum atomic E-state index is 4.42. The Kier molecular flexibility index (Phi) is 3.99. The monoisotopic (exact) mass is 296 g/mol. The number of pyridine rings is 1. The quantitative estimate of drug-likeness (QED) is 0.918. The number of fused-ring (bicyclic) bond motifs is 1. The number of hydrogen-bond acceptors (Lipinski definition) is 3. The maximum absolute atomic E-state index is 4.42. The lowest BCUT2D eigenvalue weighted by atomic mass is 10.1. The molecule has 0 aromatic carbocycles. The summed E-state index contributed by atoms with van der Waals surface area (Å²) in [5.74, 6) is 0.701. The highest BCUT2D eigenvalue weighted by molar-refractivity contribution is 9.10. The van der Waals surface area contributed by atoms with Gasteiger partial charge >= 0.3 is 0 Å². The van der Waals surface area contributed by atoms with Crippen molar-refractivity contribution in [2.45, 2.75) is 39.2 Å². The van der Waals surface area contributed by atoms with Crippen LogP contribution < -0.4 is 5.32 Å². The summed E-state index contributed by atoms with van der Waals surface area (Å²) in [5.41, 5.74) is 0.860. The van der Waals surface area contributed by atoms with Crippen molar-refractivity contribution >= 4 is 27.5 Å². The van der Waals surface area contributed by atoms with Gasteiger partial charge in [0.05, 0.1) is 0 Å². The van der Waals surface area contributed by atoms with Crippen LogP contribution in [0, 0.1) is 0 Å². The van der Waals surface area contributed by atoms with Gasteiger partial charge < -0.3 is 5.32 Å². The summed E-state index contributed by atoms with van der Waals surface area (Å²) in [6.45, 7) is 4.37. The standard InChI is InChI=1S/C12H17BrN4/c1-3-4-5-9(2)14-12-15-11-7-6-10(13)8-17(11)16-12/h6-9H,3-5H2,1-2H3,(H,14,16). The molecule has 17 heavy (non-hydrogen) atoms. The third-order valence-electron chi connectivity index (χ3n) is 2.66. The first-order valence-electron chi connectivity index (χ1n) is 5.97. The second-order valence-corrected chi connectivity index (χ2v) is 5.19. The average molecular weight is 297 g/mol. The fraction of sp³-hybridized carbons (Fsp3) is 0.500. The fourth-order valence-electron chi connectivity index (χ4n) is 1.72. The second kappa shape index (κ2) is 5.49. The molecule has 2 heterocycles. The lowest BCUT2D eigenvalue weighted by molar-refractivity contribution is 0.640. The van der Waals surface area contributed by atoms with Crippen LogP contribution in [0.2, 0.25) is 0 Å². The molecule has 0 aliphatic heterocycles. The van der Waals surface area contributed by atoms with Crippen molar-refractivity contribution in [3.8, 4) is 0 Å². The number of aromatic nitrogens is 3. The van der Waals surface area contributed by atoms with Gasteiger partial charge in [-0.2, -0.15) is 4.98 Å². The first-order chi connectivity index (χ1) is 8.19. The molecule has 0 bridgehead atoms. The topological polar surface area (TPSA) is 42.2 Å². The molecule has 0 fully saturated rings. The zero-order valence-corrected chi connectivity index (χ0v) is 11.7. The van der Waals surface area contributed by atoms with E-state index < -0.39 is 0 Å². The molecule has 2 aromatic rings. The highest BCUT2D eigenvalue weighted by Crippen LogP contribution is 2.13. The maximum Gasteiger partial charge on any atom is 0.243 e. The minimum atomic E-state index is 0.413. The number of unbranched alkanes of at least 4 members (excludes halogenated alkanes) is 1. The lowest BCUT2D eigenvalue weighted by Crippen LogP contribution is -2.15. The van der Waals surface area contributed by atoms with E-state index in [1.807, 2.05) is 18.3 Å². The van der Waals surface area contributed by atoms with Crippen LogP contribution in [-0.4, -0.2) is 20.6 Å². The van der Waals surface area contributed by atoms with Gasteiger partial charge in [0.2, 0.25) is 5.95 Å². The Morgan fingerprint density at radius 2 is 2.29 bits per heavy atom. The normalized spacial score (nSPS) is 12.9. The number of nitrogens with one attached hydrogen (secondary N) is 1. The summed E-state index contributed by atoms with van der Waals surface area (Å²) in [6, 6.07) is 4.32. The number of halogens is 1. The number of hydrogen-bond donors (Lipinski definition) is 1. The van der Waals surface area contributed by atoms with Crippen molar-refractivity contribution in [3.05, 3.63) is 22.8 Å². The average Bonchev–Trinajstić information content (AvgIpc) is 2.67. The van der Waals surface area contributed by atoms with Crippen LogP contribution in [0.15, 0.2) is 22.8 Å². The van der Waals surface area contributed by atoms with Crippen molar-refractivity contribution in [2.24, 2.45) is 0 Å². The van der Waals surface area contributed by atoms with Gasteiger partial charge in [-0.05, 0) is 41.4 Å². The Balaban J connectivity index is 2.08. The highest BCUT2D eigenvalue weighted by Gasteiger charge is 2.06. The molecular weight excluding hydrogens is 280 g/mol. The van der Waals surface area contributed by atoms with Crippen LogP contribution in [0.25, 0.3) is 5.65 Å². The van der Waals surface area contributed by atoms with Gasteiger partial charge in [0.1, 0.15) is 0 Å². The zero-order valence-electron chi connectivity index (χ0n) is 10.2. The minimum Gasteiger partial charge on any atom is -0.350 e. The predicted molar refractivity (Wildman–Crippen MR) is 73.3 cm³/mol. The van der Waals surface area contributed by atoms with Gasteiger partial charge in [-0.3, -0.25) is 0 Å². The van der Waals surface area contributed by atoms with Crippen LogP contribution >= 0.6 is 15.9 Å². The van der Waals surface area contributed by atoms with Crippen molar-refractivity contribution < 1.29 is 0 Å². The SMILES string of the molecule is CCCCC(C)Nc1nc2ccc(Br)cn2n1. The van der Waals surface area contributed by atoms with Crippen molar-refractivity contribution in [1.82, 2.24) is 14.6 Å². The van der Waals surface area contributed by atoms with Gasteiger partial charge in [-0.15, -0.1) is 5.10 Å². The summed E-state index contributed by atoms with van der Waals surface area (Å²) in [5, 5.41) is 7.71. The van der Waals surface area contributed by atoms with E-state index in [1.54, 1.807) is 4.52 Å². The molecule has 0 radical (unpaired) electrons. The Hall–Kier alpha value is -1.10. The highest BCUT2D eigenvalue weighted by atomic mass is 79.9. The largest absolute Gasteiger partial charge is 0.350 e. The second-order valence-electron chi connectivity index (χ2n) is 4.27. The van der Waals surface area contributed by atoms with Crippen LogP contribution in [0.4, 0.5) is 5.95 Å². The van der Waals surface area contributed by atoms with E-state index in [0.29, 0.717) is 12.0 Å². The molecule has 0 amide bonds. The third kappa shape index (κ3) is 3.19. The Labute approximate surface area is 110 Å². The fourth-order valence-corrected chi connectivity index (χ4v) is 2.05. The summed E-state index contributed by atoms with van der Waals surface area (Å²) >= 11 is 3.42. The smallest absolute Gasteiger partial charge is 0.243 e. The summed E-state index contributed by atoms with van der Waals surface area (Å²) < 4.78 is 2.78. The number of rotatable bonds is 5. The molecular formula is C12H17BrN4. The van der Waals surface area contributed by atoms with Gasteiger partial charge in [0, 0.05) is 16.7 Å². The molecule has 2 rings (SSSR count). The van der Waals surface area contributed by atoms with Crippen LogP contribution in [0.3, 0.4) is 0 Å². The van der Waals surface area contributed by atoms with E-state index in [2.05, 4.69) is 45.2 Å². The van der Waals surface area contributed by atoms with E-state index >= 15 is 0 Å². The Bertz CT molecular complexity index is 494. The van der Waals surface area contributed by atoms with Crippen LogP contribution in [0.5, 0.6) is 0 Å². The summed E-state index contributed by atoms with van der Waals surface area (Å²) in [4.78, 5) is 4.42. The molecule has 0 aliphatic rings. The van der Waals surface area contributed by atoms with E-state index in [0.717, 1.165) is 16.5 Å². The van der Waals surface area contributed by atoms with E-state index in [4.69, 9.17) is 0 Å². The molecule has 1 unspecified atom stereocenters. The lowest BCUT2D eigenvalue weighted by Gasteiger charge is -2.10. The van der Waals surface area contributed by atoms with Crippen molar-refractivity contribution in [2.75, 3.05) is 5.32 Å². The molecule has 92 valence electrons. The Morgan fingerprint density at radius 3 is 3.06 bits per heavy atom. The Morgan fingerprint density at radius 1 is 1.47 bits per heavy atom.